The van der Waals surface area contributed by atoms with Crippen LogP contribution in [0.1, 0.15) is 12.8 Å². The number of nitrogens with one attached hydrogen (secondary N) is 1. The topological polar surface area (TPSA) is 71.1 Å². The van der Waals surface area contributed by atoms with Gasteiger partial charge in [-0.05, 0) is 12.8 Å². The largest absolute Gasteiger partial charge is 0.453 e. The molecule has 1 atom stereocenters. The van der Waals surface area contributed by atoms with Gasteiger partial charge in [-0.15, -0.1) is 0 Å². The van der Waals surface area contributed by atoms with Gasteiger partial charge in [-0.25, -0.2) is 4.79 Å². The highest BCUT2D eigenvalue weighted by molar-refractivity contribution is 5.86. The van der Waals surface area contributed by atoms with E-state index in [0.29, 0.717) is 19.5 Å². The molecule has 0 spiro atoms. The van der Waals surface area contributed by atoms with Gasteiger partial charge in [0.05, 0.1) is 20.3 Å². The lowest BCUT2D eigenvalue weighted by atomic mass is 10.2. The van der Waals surface area contributed by atoms with Gasteiger partial charge in [-0.1, -0.05) is 0 Å². The summed E-state index contributed by atoms with van der Waals surface area (Å²) < 4.78 is 9.97. The van der Waals surface area contributed by atoms with Crippen molar-refractivity contribution in [2.75, 3.05) is 53.0 Å². The summed E-state index contributed by atoms with van der Waals surface area (Å²) >= 11 is 0. The zero-order chi connectivity index (χ0) is 14.4. The summed E-state index contributed by atoms with van der Waals surface area (Å²) in [6.07, 6.45) is 1.13. The van der Waals surface area contributed by atoms with Crippen LogP contribution in [-0.2, 0) is 14.3 Å². The minimum atomic E-state index is -0.421. The lowest BCUT2D eigenvalue weighted by Crippen LogP contribution is -2.48. The van der Waals surface area contributed by atoms with Gasteiger partial charge in [0.15, 0.2) is 0 Å². The maximum atomic E-state index is 12.1. The van der Waals surface area contributed by atoms with Gasteiger partial charge < -0.3 is 14.8 Å². The van der Waals surface area contributed by atoms with E-state index < -0.39 is 6.09 Å². The number of hydrogen-bond acceptors (Lipinski definition) is 5. The third-order valence-electron chi connectivity index (χ3n) is 3.80. The molecule has 2 fully saturated rings. The molecule has 2 rings (SSSR count). The first-order valence-corrected chi connectivity index (χ1v) is 7.15. The smallest absolute Gasteiger partial charge is 0.410 e. The number of hydrogen-bond donors (Lipinski definition) is 1. The fourth-order valence-corrected chi connectivity index (χ4v) is 2.65. The van der Waals surface area contributed by atoms with Crippen molar-refractivity contribution in [3.63, 3.8) is 0 Å². The first kappa shape index (κ1) is 15.1. The fraction of sp³-hybridized carbons (Fsp3) is 0.846. The quantitative estimate of drug-likeness (QED) is 0.765. The van der Waals surface area contributed by atoms with E-state index in [9.17, 15) is 9.59 Å². The third-order valence-corrected chi connectivity index (χ3v) is 3.80. The molecule has 2 heterocycles. The molecule has 2 saturated heterocycles. The Kier molecular flexibility index (Phi) is 5.60. The van der Waals surface area contributed by atoms with Crippen LogP contribution in [0.4, 0.5) is 4.79 Å². The predicted molar refractivity (Wildman–Crippen MR) is 72.4 cm³/mol. The van der Waals surface area contributed by atoms with Crippen molar-refractivity contribution in [3.8, 4) is 0 Å². The van der Waals surface area contributed by atoms with Gasteiger partial charge in [0.25, 0.3) is 0 Å². The number of carbonyl (C=O) groups excluding carboxylic acids is 2. The summed E-state index contributed by atoms with van der Waals surface area (Å²) in [7, 11) is 1.34. The molecule has 0 bridgehead atoms. The average Bonchev–Trinajstić information content (AvgIpc) is 2.97. The van der Waals surface area contributed by atoms with E-state index in [4.69, 9.17) is 9.47 Å². The van der Waals surface area contributed by atoms with Gasteiger partial charge >= 0.3 is 6.09 Å². The number of rotatable bonds is 4. The van der Waals surface area contributed by atoms with Crippen molar-refractivity contribution in [1.82, 2.24) is 15.1 Å². The first-order valence-electron chi connectivity index (χ1n) is 7.15. The van der Waals surface area contributed by atoms with Crippen LogP contribution in [0.2, 0.25) is 0 Å². The SMILES string of the molecule is COC(=O)N1CCCC1C(=O)NCCN1CCOCC1. The minimum absolute atomic E-state index is 0.0823. The van der Waals surface area contributed by atoms with Gasteiger partial charge in [0.1, 0.15) is 6.04 Å². The number of likely N-dealkylation sites (tertiary alicyclic amines) is 1. The average molecular weight is 285 g/mol. The van der Waals surface area contributed by atoms with Crippen molar-refractivity contribution >= 4 is 12.0 Å². The van der Waals surface area contributed by atoms with Crippen LogP contribution in [0.25, 0.3) is 0 Å². The predicted octanol–water partition coefficient (Wildman–Crippen LogP) is -0.334. The molecule has 2 aliphatic heterocycles. The van der Waals surface area contributed by atoms with Crippen LogP contribution < -0.4 is 5.32 Å². The Bertz CT molecular complexity index is 345. The molecule has 20 heavy (non-hydrogen) atoms. The van der Waals surface area contributed by atoms with E-state index in [0.717, 1.165) is 39.3 Å². The first-order chi connectivity index (χ1) is 9.72. The summed E-state index contributed by atoms with van der Waals surface area (Å²) in [4.78, 5) is 27.4. The van der Waals surface area contributed by atoms with E-state index >= 15 is 0 Å². The number of morpholine rings is 1. The van der Waals surface area contributed by atoms with Gasteiger partial charge in [-0.3, -0.25) is 14.6 Å². The van der Waals surface area contributed by atoms with Crippen LogP contribution in [0.3, 0.4) is 0 Å². The molecule has 0 aromatic heterocycles. The molecule has 114 valence electrons. The standard InChI is InChI=1S/C13H23N3O4/c1-19-13(18)16-5-2-3-11(16)12(17)14-4-6-15-7-9-20-10-8-15/h11H,2-10H2,1H3,(H,14,17). The minimum Gasteiger partial charge on any atom is -0.453 e. The van der Waals surface area contributed by atoms with Crippen LogP contribution in [0.5, 0.6) is 0 Å². The maximum Gasteiger partial charge on any atom is 0.410 e. The van der Waals surface area contributed by atoms with Crippen molar-refractivity contribution in [2.45, 2.75) is 18.9 Å². The highest BCUT2D eigenvalue weighted by Gasteiger charge is 2.34. The maximum absolute atomic E-state index is 12.1. The summed E-state index contributed by atoms with van der Waals surface area (Å²) in [6.45, 7) is 5.35. The Labute approximate surface area is 119 Å². The number of amides is 2. The van der Waals surface area contributed by atoms with E-state index in [-0.39, 0.29) is 11.9 Å². The summed E-state index contributed by atoms with van der Waals surface area (Å²) in [5.74, 6) is -0.0823. The van der Waals surface area contributed by atoms with E-state index in [1.807, 2.05) is 0 Å². The van der Waals surface area contributed by atoms with Crippen molar-refractivity contribution in [1.29, 1.82) is 0 Å². The molecular weight excluding hydrogens is 262 g/mol. The number of carbonyl (C=O) groups is 2. The second-order valence-corrected chi connectivity index (χ2v) is 5.07. The Hall–Kier alpha value is -1.34. The number of ether oxygens (including phenoxy) is 2. The summed E-state index contributed by atoms with van der Waals surface area (Å²) in [6, 6.07) is -0.382. The molecule has 0 aromatic carbocycles. The number of nitrogens with zero attached hydrogens (tertiary/aromatic N) is 2. The fourth-order valence-electron chi connectivity index (χ4n) is 2.65. The third kappa shape index (κ3) is 3.83. The Morgan fingerprint density at radius 2 is 2.05 bits per heavy atom. The molecule has 0 saturated carbocycles. The second kappa shape index (κ2) is 7.44. The van der Waals surface area contributed by atoms with Crippen LogP contribution in [0.15, 0.2) is 0 Å². The summed E-state index contributed by atoms with van der Waals surface area (Å²) in [5.41, 5.74) is 0. The molecule has 0 aromatic rings. The lowest BCUT2D eigenvalue weighted by molar-refractivity contribution is -0.125. The van der Waals surface area contributed by atoms with Gasteiger partial charge in [0, 0.05) is 32.7 Å². The molecule has 0 radical (unpaired) electrons. The normalized spacial score (nSPS) is 23.6. The van der Waals surface area contributed by atoms with Crippen molar-refractivity contribution in [2.24, 2.45) is 0 Å². The van der Waals surface area contributed by atoms with Crippen LogP contribution in [0, 0.1) is 0 Å². The highest BCUT2D eigenvalue weighted by atomic mass is 16.5. The zero-order valence-electron chi connectivity index (χ0n) is 12.0. The monoisotopic (exact) mass is 285 g/mol. The lowest BCUT2D eigenvalue weighted by Gasteiger charge is -2.27. The van der Waals surface area contributed by atoms with Gasteiger partial charge in [0.2, 0.25) is 5.91 Å². The molecule has 1 N–H and O–H groups in total. The van der Waals surface area contributed by atoms with Crippen LogP contribution >= 0.6 is 0 Å². The molecule has 2 amide bonds. The van der Waals surface area contributed by atoms with Crippen molar-refractivity contribution < 1.29 is 19.1 Å². The number of methoxy groups -OCH3 is 1. The Morgan fingerprint density at radius 3 is 2.75 bits per heavy atom. The molecule has 7 nitrogen and oxygen atoms in total. The Balaban J connectivity index is 1.72. The van der Waals surface area contributed by atoms with E-state index in [1.54, 1.807) is 0 Å². The Morgan fingerprint density at radius 1 is 1.30 bits per heavy atom. The molecule has 1 unspecified atom stereocenters. The molecule has 0 aliphatic carbocycles. The van der Waals surface area contributed by atoms with Gasteiger partial charge in [-0.2, -0.15) is 0 Å². The van der Waals surface area contributed by atoms with E-state index in [1.165, 1.54) is 12.0 Å². The zero-order valence-corrected chi connectivity index (χ0v) is 12.0. The second-order valence-electron chi connectivity index (χ2n) is 5.07. The molecule has 2 aliphatic rings. The van der Waals surface area contributed by atoms with E-state index in [2.05, 4.69) is 10.2 Å². The highest BCUT2D eigenvalue weighted by Crippen LogP contribution is 2.18. The molecule has 7 heteroatoms. The molecular formula is C13H23N3O4. The van der Waals surface area contributed by atoms with Crippen molar-refractivity contribution in [3.05, 3.63) is 0 Å². The summed E-state index contributed by atoms with van der Waals surface area (Å²) in [5, 5.41) is 2.91. The van der Waals surface area contributed by atoms with Crippen LogP contribution in [-0.4, -0.2) is 80.9 Å².